The fourth-order valence-corrected chi connectivity index (χ4v) is 5.36. The molecule has 0 saturated heterocycles. The summed E-state index contributed by atoms with van der Waals surface area (Å²) in [6.45, 7) is 5.13. The lowest BCUT2D eigenvalue weighted by Gasteiger charge is -2.28. The highest BCUT2D eigenvalue weighted by Gasteiger charge is 2.21. The van der Waals surface area contributed by atoms with Crippen molar-refractivity contribution < 1.29 is 9.18 Å². The van der Waals surface area contributed by atoms with E-state index < -0.39 is 0 Å². The quantitative estimate of drug-likeness (QED) is 0.420. The lowest BCUT2D eigenvalue weighted by molar-refractivity contribution is 0.201. The average Bonchev–Trinajstić information content (AvgIpc) is 3.41. The van der Waals surface area contributed by atoms with E-state index in [9.17, 15) is 9.18 Å². The van der Waals surface area contributed by atoms with E-state index in [2.05, 4.69) is 31.7 Å². The maximum Gasteiger partial charge on any atom is 0.317 e. The first kappa shape index (κ1) is 20.8. The molecule has 7 nitrogen and oxygen atoms in total. The third-order valence-corrected chi connectivity index (χ3v) is 7.08. The molecule has 3 aromatic heterocycles. The molecule has 0 radical (unpaired) electrons. The molecule has 0 fully saturated rings. The topological polar surface area (TPSA) is 83.0 Å². The smallest absolute Gasteiger partial charge is 0.317 e. The highest BCUT2D eigenvalue weighted by atomic mass is 32.1. The van der Waals surface area contributed by atoms with E-state index in [-0.39, 0.29) is 17.9 Å². The maximum atomic E-state index is 14.6. The van der Waals surface area contributed by atoms with Crippen LogP contribution in [0.2, 0.25) is 0 Å². The van der Waals surface area contributed by atoms with Crippen molar-refractivity contribution in [3.8, 4) is 0 Å². The van der Waals surface area contributed by atoms with Gasteiger partial charge in [0.15, 0.2) is 0 Å². The highest BCUT2D eigenvalue weighted by molar-refractivity contribution is 7.19. The molecule has 10 heteroatoms. The van der Waals surface area contributed by atoms with E-state index in [0.717, 1.165) is 37.3 Å². The molecule has 0 bridgehead atoms. The van der Waals surface area contributed by atoms with E-state index in [1.54, 1.807) is 22.9 Å². The van der Waals surface area contributed by atoms with Crippen LogP contribution in [0.5, 0.6) is 0 Å². The zero-order chi connectivity index (χ0) is 22.2. The molecule has 4 heterocycles. The largest absolute Gasteiger partial charge is 0.337 e. The Kier molecular flexibility index (Phi) is 5.48. The number of amides is 2. The molecular weight excluding hydrogens is 447 g/mol. The van der Waals surface area contributed by atoms with Crippen LogP contribution in [0.15, 0.2) is 36.1 Å². The van der Waals surface area contributed by atoms with Gasteiger partial charge in [-0.15, -0.1) is 22.7 Å². The number of hydrogen-bond donors (Lipinski definition) is 2. The number of thiophene rings is 1. The van der Waals surface area contributed by atoms with Gasteiger partial charge in [0.05, 0.1) is 26.8 Å². The van der Waals surface area contributed by atoms with Crippen LogP contribution >= 0.6 is 22.7 Å². The first-order chi connectivity index (χ1) is 15.5. The fraction of sp³-hybridized carbons (Fsp3) is 0.273. The Morgan fingerprint density at radius 3 is 2.94 bits per heavy atom. The van der Waals surface area contributed by atoms with Crippen LogP contribution in [-0.2, 0) is 0 Å². The zero-order valence-corrected chi connectivity index (χ0v) is 19.2. The van der Waals surface area contributed by atoms with E-state index in [1.807, 2.05) is 24.8 Å². The van der Waals surface area contributed by atoms with Gasteiger partial charge in [-0.1, -0.05) is 6.08 Å². The minimum absolute atomic E-state index is 0.0539. The van der Waals surface area contributed by atoms with Crippen molar-refractivity contribution in [2.24, 2.45) is 0 Å². The van der Waals surface area contributed by atoms with Gasteiger partial charge in [-0.3, -0.25) is 0 Å². The number of halogens is 1. The second kappa shape index (κ2) is 8.44. The number of carbonyl (C=O) groups is 1. The molecule has 4 aromatic rings. The van der Waals surface area contributed by atoms with Gasteiger partial charge < -0.3 is 15.5 Å². The Morgan fingerprint density at radius 2 is 2.09 bits per heavy atom. The van der Waals surface area contributed by atoms with Crippen LogP contribution in [0.25, 0.3) is 26.0 Å². The predicted octanol–water partition coefficient (Wildman–Crippen LogP) is 5.39. The minimum atomic E-state index is -0.356. The molecule has 0 spiro atoms. The second-order valence-corrected chi connectivity index (χ2v) is 9.79. The lowest BCUT2D eigenvalue weighted by Crippen LogP contribution is -2.45. The molecule has 32 heavy (non-hydrogen) atoms. The van der Waals surface area contributed by atoms with Crippen molar-refractivity contribution in [3.63, 3.8) is 0 Å². The van der Waals surface area contributed by atoms with Gasteiger partial charge in [-0.05, 0) is 44.0 Å². The monoisotopic (exact) mass is 468 g/mol. The van der Waals surface area contributed by atoms with Crippen molar-refractivity contribution in [2.75, 3.05) is 18.4 Å². The van der Waals surface area contributed by atoms with E-state index in [0.29, 0.717) is 24.6 Å². The molecule has 1 aliphatic rings. The number of benzene rings is 1. The number of rotatable bonds is 4. The third kappa shape index (κ3) is 4.03. The number of hydrogen-bond acceptors (Lipinski definition) is 7. The van der Waals surface area contributed by atoms with E-state index in [4.69, 9.17) is 0 Å². The summed E-state index contributed by atoms with van der Waals surface area (Å²) in [6, 6.07) is 5.22. The third-order valence-electron chi connectivity index (χ3n) is 5.17. The summed E-state index contributed by atoms with van der Waals surface area (Å²) in [7, 11) is 0. The Bertz CT molecular complexity index is 1340. The molecule has 5 rings (SSSR count). The number of urea groups is 1. The first-order valence-electron chi connectivity index (χ1n) is 10.3. The molecule has 0 atom stereocenters. The van der Waals surface area contributed by atoms with Gasteiger partial charge in [0.25, 0.3) is 0 Å². The Labute approximate surface area is 192 Å². The van der Waals surface area contributed by atoms with E-state index >= 15 is 0 Å². The predicted molar refractivity (Wildman–Crippen MR) is 128 cm³/mol. The van der Waals surface area contributed by atoms with Gasteiger partial charge in [-0.2, -0.15) is 0 Å². The molecule has 1 aromatic carbocycles. The van der Waals surface area contributed by atoms with Crippen LogP contribution < -0.4 is 10.6 Å². The van der Waals surface area contributed by atoms with Crippen molar-refractivity contribution in [2.45, 2.75) is 26.3 Å². The normalized spacial score (nSPS) is 14.2. The van der Waals surface area contributed by atoms with Crippen molar-refractivity contribution >= 4 is 66.2 Å². The molecule has 0 aliphatic carbocycles. The van der Waals surface area contributed by atoms with Crippen LogP contribution in [-0.4, -0.2) is 45.0 Å². The Morgan fingerprint density at radius 1 is 1.22 bits per heavy atom. The van der Waals surface area contributed by atoms with Crippen LogP contribution in [0.3, 0.4) is 0 Å². The molecule has 0 unspecified atom stereocenters. The number of carbonyl (C=O) groups excluding carboxylic acids is 1. The summed E-state index contributed by atoms with van der Waals surface area (Å²) < 4.78 is 15.4. The van der Waals surface area contributed by atoms with Gasteiger partial charge >= 0.3 is 6.03 Å². The molecular formula is C22H21FN6OS2. The van der Waals surface area contributed by atoms with Crippen molar-refractivity contribution in [1.82, 2.24) is 25.2 Å². The number of nitrogens with one attached hydrogen (secondary N) is 2. The summed E-state index contributed by atoms with van der Waals surface area (Å²) in [5.41, 5.74) is 3.84. The van der Waals surface area contributed by atoms with Gasteiger partial charge in [0, 0.05) is 24.0 Å². The molecule has 1 aliphatic heterocycles. The van der Waals surface area contributed by atoms with Crippen LogP contribution in [0, 0.1) is 5.82 Å². The summed E-state index contributed by atoms with van der Waals surface area (Å²) in [5.74, 6) is 0.183. The second-order valence-electron chi connectivity index (χ2n) is 7.87. The lowest BCUT2D eigenvalue weighted by atomic mass is 10.1. The number of nitrogens with zero attached hydrogens (tertiary/aromatic N) is 4. The SMILES string of the molecule is CC(C)NC(=O)N1CCC=C(c2cc3c(Nc4cc5ncsc5cc4F)ncnc3s2)C1. The summed E-state index contributed by atoms with van der Waals surface area (Å²) >= 11 is 2.94. The summed E-state index contributed by atoms with van der Waals surface area (Å²) in [6.07, 6.45) is 4.44. The Balaban J connectivity index is 1.43. The number of anilines is 2. The van der Waals surface area contributed by atoms with Crippen LogP contribution in [0.1, 0.15) is 25.1 Å². The van der Waals surface area contributed by atoms with Crippen molar-refractivity contribution in [1.29, 1.82) is 0 Å². The van der Waals surface area contributed by atoms with Crippen molar-refractivity contribution in [3.05, 3.63) is 46.8 Å². The summed E-state index contributed by atoms with van der Waals surface area (Å²) in [5, 5.41) is 6.88. The van der Waals surface area contributed by atoms with Gasteiger partial charge in [0.2, 0.25) is 0 Å². The highest BCUT2D eigenvalue weighted by Crippen LogP contribution is 2.36. The molecule has 2 amide bonds. The molecule has 164 valence electrons. The minimum Gasteiger partial charge on any atom is -0.337 e. The zero-order valence-electron chi connectivity index (χ0n) is 17.6. The van der Waals surface area contributed by atoms with E-state index in [1.165, 1.54) is 23.7 Å². The number of thiazole rings is 1. The molecule has 0 saturated carbocycles. The van der Waals surface area contributed by atoms with Gasteiger partial charge in [-0.25, -0.2) is 24.1 Å². The molecule has 2 N–H and O–H groups in total. The number of aromatic nitrogens is 3. The van der Waals surface area contributed by atoms with Crippen LogP contribution in [0.4, 0.5) is 20.7 Å². The summed E-state index contributed by atoms with van der Waals surface area (Å²) in [4.78, 5) is 29.1. The maximum absolute atomic E-state index is 14.6. The standard InChI is InChI=1S/C22H21FN6OS2/c1-12(2)27-22(30)29-5-3-4-13(9-29)18-6-14-20(24-10-25-21(14)32-18)28-16-8-17-19(7-15(16)23)31-11-26-17/h4,6-8,10-12H,3,5,9H2,1-2H3,(H,27,30)(H,24,25,28). The average molecular weight is 469 g/mol. The fourth-order valence-electron chi connectivity index (χ4n) is 3.65. The first-order valence-corrected chi connectivity index (χ1v) is 12.0. The van der Waals surface area contributed by atoms with Gasteiger partial charge in [0.1, 0.15) is 22.8 Å². The Hall–Kier alpha value is -3.11. The number of fused-ring (bicyclic) bond motifs is 2.